The van der Waals surface area contributed by atoms with Gasteiger partial charge < -0.3 is 0 Å². The number of pyridine rings is 1. The van der Waals surface area contributed by atoms with E-state index in [4.69, 9.17) is 0 Å². The van der Waals surface area contributed by atoms with Gasteiger partial charge in [0.1, 0.15) is 12.0 Å². The fourth-order valence-electron chi connectivity index (χ4n) is 2.77. The highest BCUT2D eigenvalue weighted by molar-refractivity contribution is 7.90. The van der Waals surface area contributed by atoms with Crippen LogP contribution in [0, 0.1) is 5.82 Å². The molecule has 1 aromatic heterocycles. The third-order valence-corrected chi connectivity index (χ3v) is 4.87. The van der Waals surface area contributed by atoms with Crippen LogP contribution >= 0.6 is 0 Å². The number of sulfone groups is 1. The van der Waals surface area contributed by atoms with Gasteiger partial charge in [-0.25, -0.2) is 22.2 Å². The van der Waals surface area contributed by atoms with E-state index in [9.17, 15) is 17.2 Å². The summed E-state index contributed by atoms with van der Waals surface area (Å²) in [7, 11) is -3.37. The predicted molar refractivity (Wildman–Crippen MR) is 84.7 cm³/mol. The van der Waals surface area contributed by atoms with Crippen LogP contribution in [0.4, 0.5) is 8.78 Å². The molecule has 1 heterocycles. The Balaban J connectivity index is 2.04. The van der Waals surface area contributed by atoms with E-state index in [1.54, 1.807) is 18.2 Å². The van der Waals surface area contributed by atoms with Crippen LogP contribution in [0.5, 0.6) is 0 Å². The molecule has 3 nitrogen and oxygen atoms in total. The Labute approximate surface area is 133 Å². The molecular formula is C17H15F2NO2S. The lowest BCUT2D eigenvalue weighted by Gasteiger charge is -2.08. The molecule has 120 valence electrons. The first-order valence-electron chi connectivity index (χ1n) is 7.13. The minimum atomic E-state index is -3.37. The van der Waals surface area contributed by atoms with E-state index in [1.807, 2.05) is 0 Å². The van der Waals surface area contributed by atoms with E-state index in [2.05, 4.69) is 4.98 Å². The van der Waals surface area contributed by atoms with Gasteiger partial charge in [-0.3, -0.25) is 0 Å². The minimum absolute atomic E-state index is 0.0139. The lowest BCUT2D eigenvalue weighted by Crippen LogP contribution is -2.00. The quantitative estimate of drug-likeness (QED) is 0.860. The summed E-state index contributed by atoms with van der Waals surface area (Å²) in [6.45, 7) is 0. The first kappa shape index (κ1) is 15.8. The van der Waals surface area contributed by atoms with Gasteiger partial charge in [-0.05, 0) is 40.5 Å². The van der Waals surface area contributed by atoms with Gasteiger partial charge in [-0.1, -0.05) is 18.2 Å². The Morgan fingerprint density at radius 1 is 1.00 bits per heavy atom. The Hall–Kier alpha value is -2.08. The van der Waals surface area contributed by atoms with E-state index in [0.717, 1.165) is 23.0 Å². The van der Waals surface area contributed by atoms with Gasteiger partial charge in [0, 0.05) is 25.3 Å². The molecule has 23 heavy (non-hydrogen) atoms. The molecule has 1 aromatic carbocycles. The van der Waals surface area contributed by atoms with Gasteiger partial charge in [0.15, 0.2) is 14.9 Å². The van der Waals surface area contributed by atoms with Gasteiger partial charge in [-0.2, -0.15) is 0 Å². The van der Waals surface area contributed by atoms with Gasteiger partial charge >= 0.3 is 0 Å². The molecule has 0 fully saturated rings. The molecule has 2 aromatic rings. The van der Waals surface area contributed by atoms with E-state index < -0.39 is 16.0 Å². The number of rotatable bonds is 3. The Bertz CT molecular complexity index is 856. The van der Waals surface area contributed by atoms with Crippen LogP contribution in [-0.2, 0) is 9.84 Å². The number of nitrogens with zero attached hydrogens (tertiary/aromatic N) is 1. The van der Waals surface area contributed by atoms with E-state index >= 15 is 0 Å². The molecule has 0 bridgehead atoms. The maximum atomic E-state index is 13.9. The van der Waals surface area contributed by atoms with Crippen LogP contribution in [0.2, 0.25) is 0 Å². The summed E-state index contributed by atoms with van der Waals surface area (Å²) >= 11 is 0. The monoisotopic (exact) mass is 335 g/mol. The van der Waals surface area contributed by atoms with Crippen molar-refractivity contribution in [3.63, 3.8) is 0 Å². The van der Waals surface area contributed by atoms with E-state index in [-0.39, 0.29) is 23.7 Å². The number of aromatic nitrogens is 1. The van der Waals surface area contributed by atoms with Crippen molar-refractivity contribution in [2.75, 3.05) is 6.26 Å². The van der Waals surface area contributed by atoms with Crippen LogP contribution < -0.4 is 0 Å². The van der Waals surface area contributed by atoms with Crippen molar-refractivity contribution in [3.8, 4) is 0 Å². The summed E-state index contributed by atoms with van der Waals surface area (Å²) in [5.74, 6) is -0.343. The van der Waals surface area contributed by atoms with Crippen molar-refractivity contribution in [1.29, 1.82) is 0 Å². The van der Waals surface area contributed by atoms with Crippen molar-refractivity contribution < 1.29 is 17.2 Å². The van der Waals surface area contributed by atoms with Crippen molar-refractivity contribution in [2.45, 2.75) is 24.0 Å². The van der Waals surface area contributed by atoms with Gasteiger partial charge in [0.05, 0.1) is 0 Å². The molecule has 0 saturated carbocycles. The van der Waals surface area contributed by atoms with E-state index in [0.29, 0.717) is 5.56 Å². The Morgan fingerprint density at radius 3 is 2.09 bits per heavy atom. The summed E-state index contributed by atoms with van der Waals surface area (Å²) in [6.07, 6.45) is 2.04. The number of allylic oxidation sites excluding steroid dienone is 2. The second kappa shape index (κ2) is 5.85. The van der Waals surface area contributed by atoms with Gasteiger partial charge in [0.25, 0.3) is 0 Å². The van der Waals surface area contributed by atoms with Crippen molar-refractivity contribution in [3.05, 3.63) is 59.5 Å². The molecule has 1 aliphatic carbocycles. The normalized spacial score (nSPS) is 18.5. The second-order valence-corrected chi connectivity index (χ2v) is 7.59. The highest BCUT2D eigenvalue weighted by Crippen LogP contribution is 2.41. The van der Waals surface area contributed by atoms with Crippen LogP contribution in [0.3, 0.4) is 0 Å². The zero-order valence-electron chi connectivity index (χ0n) is 12.5. The largest absolute Gasteiger partial charge is 0.247 e. The van der Waals surface area contributed by atoms with Crippen LogP contribution in [0.15, 0.2) is 47.6 Å². The van der Waals surface area contributed by atoms with Crippen LogP contribution in [-0.4, -0.2) is 25.8 Å². The Morgan fingerprint density at radius 2 is 1.57 bits per heavy atom. The highest BCUT2D eigenvalue weighted by Gasteiger charge is 2.26. The Kier molecular flexibility index (Phi) is 4.02. The molecule has 0 spiro atoms. The van der Waals surface area contributed by atoms with Gasteiger partial charge in [-0.15, -0.1) is 0 Å². The number of benzene rings is 1. The average molecular weight is 335 g/mol. The molecule has 3 rings (SSSR count). The molecular weight excluding hydrogens is 320 g/mol. The summed E-state index contributed by atoms with van der Waals surface area (Å²) in [6, 6.07) is 9.00. The molecule has 0 N–H and O–H groups in total. The number of alkyl halides is 1. The fraction of sp³-hybridized carbons (Fsp3) is 0.235. The SMILES string of the molecule is CS(=O)(=O)c1ccc(C2=C(c3ccc(F)cc3)CC(F)C2)cn1. The van der Waals surface area contributed by atoms with Crippen molar-refractivity contribution in [1.82, 2.24) is 4.98 Å². The van der Waals surface area contributed by atoms with E-state index in [1.165, 1.54) is 24.4 Å². The van der Waals surface area contributed by atoms with Crippen molar-refractivity contribution in [2.24, 2.45) is 0 Å². The zero-order valence-corrected chi connectivity index (χ0v) is 13.3. The molecule has 0 aliphatic heterocycles. The van der Waals surface area contributed by atoms with Crippen LogP contribution in [0.25, 0.3) is 11.1 Å². The predicted octanol–water partition coefficient (Wildman–Crippen LogP) is 3.67. The van der Waals surface area contributed by atoms with Crippen LogP contribution in [0.1, 0.15) is 24.0 Å². The topological polar surface area (TPSA) is 47.0 Å². The molecule has 0 amide bonds. The molecule has 6 heteroatoms. The summed E-state index contributed by atoms with van der Waals surface area (Å²) in [4.78, 5) is 3.96. The summed E-state index contributed by atoms with van der Waals surface area (Å²) in [5.41, 5.74) is 3.06. The first-order valence-corrected chi connectivity index (χ1v) is 9.02. The molecule has 0 radical (unpaired) electrons. The second-order valence-electron chi connectivity index (χ2n) is 5.63. The lowest BCUT2D eigenvalue weighted by molar-refractivity contribution is 0.357. The molecule has 1 aliphatic rings. The highest BCUT2D eigenvalue weighted by atomic mass is 32.2. The zero-order chi connectivity index (χ0) is 16.6. The average Bonchev–Trinajstić information content (AvgIpc) is 2.89. The number of hydrogen-bond donors (Lipinski definition) is 0. The summed E-state index contributed by atoms with van der Waals surface area (Å²) < 4.78 is 49.9. The van der Waals surface area contributed by atoms with Gasteiger partial charge in [0.2, 0.25) is 0 Å². The molecule has 1 atom stereocenters. The third kappa shape index (κ3) is 3.32. The maximum absolute atomic E-state index is 13.9. The minimum Gasteiger partial charge on any atom is -0.247 e. The summed E-state index contributed by atoms with van der Waals surface area (Å²) in [5, 5.41) is -0.0139. The number of halogens is 2. The number of hydrogen-bond acceptors (Lipinski definition) is 3. The smallest absolute Gasteiger partial charge is 0.192 e. The third-order valence-electron chi connectivity index (χ3n) is 3.87. The van der Waals surface area contributed by atoms with Crippen molar-refractivity contribution >= 4 is 21.0 Å². The lowest BCUT2D eigenvalue weighted by atomic mass is 9.98. The molecule has 0 saturated heterocycles. The fourth-order valence-corrected chi connectivity index (χ4v) is 3.33. The molecule has 1 unspecified atom stereocenters. The standard InChI is InChI=1S/C17H15F2NO2S/c1-23(21,22)17-7-4-12(10-20-17)16-9-14(19)8-15(16)11-2-5-13(18)6-3-11/h2-7,10,14H,8-9H2,1H3. The first-order chi connectivity index (χ1) is 10.8. The maximum Gasteiger partial charge on any atom is 0.192 e.